The van der Waals surface area contributed by atoms with Gasteiger partial charge in [-0.15, -0.1) is 0 Å². The first-order chi connectivity index (χ1) is 8.61. The Morgan fingerprint density at radius 2 is 2.39 bits per heavy atom. The molecule has 0 radical (unpaired) electrons. The Kier molecular flexibility index (Phi) is 4.00. The minimum absolute atomic E-state index is 0.0122. The zero-order valence-corrected chi connectivity index (χ0v) is 10.2. The highest BCUT2D eigenvalue weighted by atomic mass is 16.5. The third-order valence-electron chi connectivity index (χ3n) is 3.17. The van der Waals surface area contributed by atoms with Crippen LogP contribution in [0.4, 0.5) is 0 Å². The number of carboxylic acid groups (broad SMARTS) is 1. The summed E-state index contributed by atoms with van der Waals surface area (Å²) in [5, 5.41) is 17.9. The van der Waals surface area contributed by atoms with E-state index in [0.29, 0.717) is 18.9 Å². The quantitative estimate of drug-likeness (QED) is 0.825. The maximum Gasteiger partial charge on any atom is 0.371 e. The summed E-state index contributed by atoms with van der Waals surface area (Å²) in [5.74, 6) is -0.501. The van der Waals surface area contributed by atoms with Crippen molar-refractivity contribution in [2.45, 2.75) is 19.1 Å². The van der Waals surface area contributed by atoms with E-state index in [9.17, 15) is 4.79 Å². The molecule has 0 aliphatic carbocycles. The van der Waals surface area contributed by atoms with Gasteiger partial charge in [0.25, 0.3) is 0 Å². The number of aliphatic hydroxyl groups excluding tert-OH is 1. The lowest BCUT2D eigenvalue weighted by atomic mass is 10.2. The van der Waals surface area contributed by atoms with Gasteiger partial charge < -0.3 is 19.4 Å². The van der Waals surface area contributed by atoms with Crippen molar-refractivity contribution in [3.05, 3.63) is 23.7 Å². The number of hydrogen-bond acceptors (Lipinski definition) is 5. The van der Waals surface area contributed by atoms with E-state index in [2.05, 4.69) is 4.90 Å². The number of hydrogen-bond donors (Lipinski definition) is 2. The van der Waals surface area contributed by atoms with Gasteiger partial charge in [0.1, 0.15) is 5.76 Å². The van der Waals surface area contributed by atoms with Crippen LogP contribution in [-0.2, 0) is 4.74 Å². The lowest BCUT2D eigenvalue weighted by Gasteiger charge is -2.35. The molecule has 0 aromatic carbocycles. The second-order valence-corrected chi connectivity index (χ2v) is 4.35. The molecule has 100 valence electrons. The highest BCUT2D eigenvalue weighted by molar-refractivity contribution is 5.84. The molecule has 0 bridgehead atoms. The van der Waals surface area contributed by atoms with Gasteiger partial charge in [0.2, 0.25) is 5.76 Å². The van der Waals surface area contributed by atoms with Gasteiger partial charge in [-0.05, 0) is 19.1 Å². The first-order valence-electron chi connectivity index (χ1n) is 5.91. The summed E-state index contributed by atoms with van der Waals surface area (Å²) in [6.45, 7) is 3.84. The van der Waals surface area contributed by atoms with Crippen molar-refractivity contribution in [2.24, 2.45) is 0 Å². The van der Waals surface area contributed by atoms with E-state index >= 15 is 0 Å². The van der Waals surface area contributed by atoms with Crippen LogP contribution in [0.25, 0.3) is 0 Å². The van der Waals surface area contributed by atoms with E-state index in [1.807, 2.05) is 6.92 Å². The van der Waals surface area contributed by atoms with E-state index in [-0.39, 0.29) is 24.5 Å². The number of carboxylic acids is 1. The van der Waals surface area contributed by atoms with Gasteiger partial charge in [0.05, 0.1) is 25.4 Å². The average Bonchev–Trinajstić information content (AvgIpc) is 2.87. The lowest BCUT2D eigenvalue weighted by molar-refractivity contribution is -0.0653. The Balaban J connectivity index is 2.05. The molecule has 6 nitrogen and oxygen atoms in total. The number of rotatable bonds is 4. The zero-order valence-electron chi connectivity index (χ0n) is 10.2. The van der Waals surface area contributed by atoms with E-state index in [1.165, 1.54) is 6.07 Å². The Bertz CT molecular complexity index is 416. The summed E-state index contributed by atoms with van der Waals surface area (Å²) in [6, 6.07) is 3.10. The van der Waals surface area contributed by atoms with Crippen LogP contribution in [0.3, 0.4) is 0 Å². The summed E-state index contributed by atoms with van der Waals surface area (Å²) in [6.07, 6.45) is -0.185. The molecule has 0 amide bonds. The van der Waals surface area contributed by atoms with E-state index in [1.54, 1.807) is 6.07 Å². The second-order valence-electron chi connectivity index (χ2n) is 4.35. The molecule has 18 heavy (non-hydrogen) atoms. The summed E-state index contributed by atoms with van der Waals surface area (Å²) in [5.41, 5.74) is 0. The molecule has 2 rings (SSSR count). The number of aliphatic hydroxyl groups is 1. The molecule has 1 aliphatic rings. The van der Waals surface area contributed by atoms with Crippen molar-refractivity contribution in [3.63, 3.8) is 0 Å². The van der Waals surface area contributed by atoms with Gasteiger partial charge in [-0.1, -0.05) is 0 Å². The van der Waals surface area contributed by atoms with Crippen LogP contribution in [-0.4, -0.2) is 53.5 Å². The Morgan fingerprint density at radius 1 is 1.61 bits per heavy atom. The van der Waals surface area contributed by atoms with Crippen LogP contribution in [0.5, 0.6) is 0 Å². The number of furan rings is 1. The molecule has 2 heterocycles. The molecule has 2 unspecified atom stereocenters. The molecule has 2 atom stereocenters. The van der Waals surface area contributed by atoms with Crippen molar-refractivity contribution in [1.82, 2.24) is 4.90 Å². The number of nitrogens with zero attached hydrogens (tertiary/aromatic N) is 1. The van der Waals surface area contributed by atoms with Gasteiger partial charge in [-0.25, -0.2) is 4.79 Å². The van der Waals surface area contributed by atoms with Crippen LogP contribution in [0.2, 0.25) is 0 Å². The highest BCUT2D eigenvalue weighted by Gasteiger charge is 2.26. The third-order valence-corrected chi connectivity index (χ3v) is 3.17. The van der Waals surface area contributed by atoms with Gasteiger partial charge >= 0.3 is 5.97 Å². The number of ether oxygens (including phenoxy) is 1. The number of morpholine rings is 1. The zero-order chi connectivity index (χ0) is 13.1. The average molecular weight is 255 g/mol. The first-order valence-corrected chi connectivity index (χ1v) is 5.91. The fraction of sp³-hybridized carbons (Fsp3) is 0.583. The minimum Gasteiger partial charge on any atom is -0.475 e. The van der Waals surface area contributed by atoms with Crippen molar-refractivity contribution in [3.8, 4) is 0 Å². The van der Waals surface area contributed by atoms with Crippen LogP contribution < -0.4 is 0 Å². The molecule has 1 aromatic heterocycles. The van der Waals surface area contributed by atoms with Gasteiger partial charge in [0.15, 0.2) is 0 Å². The molecule has 1 fully saturated rings. The SMILES string of the molecule is CC(c1ccc(C(=O)O)o1)N1CCOC(CO)C1. The highest BCUT2D eigenvalue weighted by Crippen LogP contribution is 2.24. The van der Waals surface area contributed by atoms with Crippen molar-refractivity contribution in [2.75, 3.05) is 26.3 Å². The maximum absolute atomic E-state index is 10.8. The van der Waals surface area contributed by atoms with Crippen LogP contribution in [0.1, 0.15) is 29.3 Å². The Morgan fingerprint density at radius 3 is 3.00 bits per heavy atom. The number of aromatic carboxylic acids is 1. The normalized spacial score (nSPS) is 22.9. The Hall–Kier alpha value is -1.37. The second kappa shape index (κ2) is 5.51. The topological polar surface area (TPSA) is 83.1 Å². The van der Waals surface area contributed by atoms with Gasteiger partial charge in [0, 0.05) is 13.1 Å². The first kappa shape index (κ1) is 13.1. The van der Waals surface area contributed by atoms with Gasteiger partial charge in [-0.2, -0.15) is 0 Å². The molecule has 1 saturated heterocycles. The number of carbonyl (C=O) groups is 1. The fourth-order valence-corrected chi connectivity index (χ4v) is 2.08. The molecular formula is C12H17NO5. The lowest BCUT2D eigenvalue weighted by Crippen LogP contribution is -2.44. The smallest absolute Gasteiger partial charge is 0.371 e. The molecule has 2 N–H and O–H groups in total. The third kappa shape index (κ3) is 2.72. The largest absolute Gasteiger partial charge is 0.475 e. The van der Waals surface area contributed by atoms with Gasteiger partial charge in [-0.3, -0.25) is 4.90 Å². The molecule has 6 heteroatoms. The summed E-state index contributed by atoms with van der Waals surface area (Å²) in [7, 11) is 0. The van der Waals surface area contributed by atoms with Crippen LogP contribution in [0, 0.1) is 0 Å². The minimum atomic E-state index is -1.07. The predicted molar refractivity (Wildman–Crippen MR) is 62.5 cm³/mol. The summed E-state index contributed by atoms with van der Waals surface area (Å²) in [4.78, 5) is 12.9. The van der Waals surface area contributed by atoms with Crippen molar-refractivity contribution in [1.29, 1.82) is 0 Å². The monoisotopic (exact) mass is 255 g/mol. The summed E-state index contributed by atoms with van der Waals surface area (Å²) >= 11 is 0. The van der Waals surface area contributed by atoms with E-state index in [4.69, 9.17) is 19.4 Å². The van der Waals surface area contributed by atoms with E-state index in [0.717, 1.165) is 6.54 Å². The molecule has 1 aliphatic heterocycles. The molecule has 1 aromatic rings. The van der Waals surface area contributed by atoms with Crippen LogP contribution in [0.15, 0.2) is 16.5 Å². The Labute approximate surface area is 105 Å². The van der Waals surface area contributed by atoms with Crippen molar-refractivity contribution >= 4 is 5.97 Å². The molecule has 0 spiro atoms. The molecular weight excluding hydrogens is 238 g/mol. The molecule has 0 saturated carbocycles. The van der Waals surface area contributed by atoms with Crippen LogP contribution >= 0.6 is 0 Å². The standard InChI is InChI=1S/C12H17NO5/c1-8(10-2-3-11(18-10)12(15)16)13-4-5-17-9(6-13)7-14/h2-3,8-9,14H,4-7H2,1H3,(H,15,16). The maximum atomic E-state index is 10.8. The summed E-state index contributed by atoms with van der Waals surface area (Å²) < 4.78 is 10.7. The van der Waals surface area contributed by atoms with E-state index < -0.39 is 5.97 Å². The van der Waals surface area contributed by atoms with Crippen molar-refractivity contribution < 1.29 is 24.2 Å². The predicted octanol–water partition coefficient (Wildman–Crippen LogP) is 0.732. The fourth-order valence-electron chi connectivity index (χ4n) is 2.08.